The summed E-state index contributed by atoms with van der Waals surface area (Å²) in [5.41, 5.74) is 1.61. The maximum Gasteiger partial charge on any atom is 0.338 e. The van der Waals surface area contributed by atoms with Gasteiger partial charge in [0, 0.05) is 25.0 Å². The lowest BCUT2D eigenvalue weighted by molar-refractivity contribution is -0.132. The van der Waals surface area contributed by atoms with Crippen LogP contribution in [-0.4, -0.2) is 78.9 Å². The number of carboxylic acids is 1. The molecule has 27 heavy (non-hydrogen) atoms. The molecule has 3 aliphatic rings. The zero-order chi connectivity index (χ0) is 19.4. The first-order valence-corrected chi connectivity index (χ1v) is 10.9. The Balaban J connectivity index is 1.83. The molecule has 0 bridgehead atoms. The van der Waals surface area contributed by atoms with E-state index in [1.807, 2.05) is 6.92 Å². The van der Waals surface area contributed by atoms with Crippen molar-refractivity contribution in [2.75, 3.05) is 51.8 Å². The normalized spacial score (nSPS) is 26.0. The van der Waals surface area contributed by atoms with E-state index in [1.165, 1.54) is 0 Å². The number of carboxylic acid groups (broad SMARTS) is 1. The van der Waals surface area contributed by atoms with Gasteiger partial charge in [-0.05, 0) is 37.2 Å². The number of carbonyl (C=O) groups is 1. The fourth-order valence-corrected chi connectivity index (χ4v) is 5.06. The van der Waals surface area contributed by atoms with Gasteiger partial charge < -0.3 is 19.5 Å². The third-order valence-electron chi connectivity index (χ3n) is 5.58. The van der Waals surface area contributed by atoms with E-state index in [0.717, 1.165) is 75.3 Å². The van der Waals surface area contributed by atoms with Gasteiger partial charge in [-0.1, -0.05) is 13.8 Å². The minimum absolute atomic E-state index is 0.108. The molecule has 3 heterocycles. The van der Waals surface area contributed by atoms with E-state index in [2.05, 4.69) is 29.7 Å². The van der Waals surface area contributed by atoms with Crippen molar-refractivity contribution in [3.63, 3.8) is 0 Å². The van der Waals surface area contributed by atoms with E-state index >= 15 is 0 Å². The minimum Gasteiger partial charge on any atom is -0.478 e. The van der Waals surface area contributed by atoms with Crippen LogP contribution in [0.15, 0.2) is 22.3 Å². The summed E-state index contributed by atoms with van der Waals surface area (Å²) in [7, 11) is 0. The van der Waals surface area contributed by atoms with Crippen molar-refractivity contribution in [3.8, 4) is 0 Å². The highest BCUT2D eigenvalue weighted by Gasteiger charge is 2.36. The van der Waals surface area contributed by atoms with E-state index in [1.54, 1.807) is 11.8 Å². The van der Waals surface area contributed by atoms with Crippen LogP contribution < -0.4 is 0 Å². The largest absolute Gasteiger partial charge is 0.478 e. The van der Waals surface area contributed by atoms with Crippen LogP contribution in [-0.2, 0) is 14.3 Å². The summed E-state index contributed by atoms with van der Waals surface area (Å²) < 4.78 is 10.9. The Labute approximate surface area is 166 Å². The number of thioether (sulfide) groups is 1. The fourth-order valence-electron chi connectivity index (χ4n) is 4.03. The first kappa shape index (κ1) is 20.7. The number of ether oxygens (including phenoxy) is 2. The van der Waals surface area contributed by atoms with Gasteiger partial charge in [-0.15, -0.1) is 11.8 Å². The van der Waals surface area contributed by atoms with Crippen LogP contribution in [0.2, 0.25) is 0 Å². The minimum atomic E-state index is -0.829. The average Bonchev–Trinajstić information content (AvgIpc) is 2.62. The zero-order valence-electron chi connectivity index (χ0n) is 16.7. The predicted molar refractivity (Wildman–Crippen MR) is 108 cm³/mol. The van der Waals surface area contributed by atoms with Crippen molar-refractivity contribution >= 4 is 17.7 Å². The molecule has 0 aromatic carbocycles. The Morgan fingerprint density at radius 3 is 2.59 bits per heavy atom. The lowest BCUT2D eigenvalue weighted by Gasteiger charge is -2.45. The Bertz CT molecular complexity index is 609. The summed E-state index contributed by atoms with van der Waals surface area (Å²) in [6.45, 7) is 12.0. The van der Waals surface area contributed by atoms with Crippen LogP contribution >= 0.6 is 11.8 Å². The molecule has 1 atom stereocenters. The lowest BCUT2D eigenvalue weighted by Crippen LogP contribution is -2.53. The maximum absolute atomic E-state index is 12.0. The van der Waals surface area contributed by atoms with Gasteiger partial charge in [0.2, 0.25) is 0 Å². The molecule has 7 heteroatoms. The first-order valence-electron chi connectivity index (χ1n) is 9.90. The molecular weight excluding hydrogens is 364 g/mol. The van der Waals surface area contributed by atoms with Crippen LogP contribution in [0.25, 0.3) is 0 Å². The van der Waals surface area contributed by atoms with Gasteiger partial charge in [-0.2, -0.15) is 0 Å². The predicted octanol–water partition coefficient (Wildman–Crippen LogP) is 2.77. The monoisotopic (exact) mass is 396 g/mol. The Kier molecular flexibility index (Phi) is 6.89. The Morgan fingerprint density at radius 1 is 1.33 bits per heavy atom. The van der Waals surface area contributed by atoms with E-state index in [0.29, 0.717) is 5.57 Å². The number of aliphatic carboxylic acids is 1. The molecule has 0 aliphatic carbocycles. The molecule has 0 spiro atoms. The molecule has 0 amide bonds. The molecule has 3 rings (SSSR count). The third-order valence-corrected chi connectivity index (χ3v) is 6.58. The highest BCUT2D eigenvalue weighted by Crippen LogP contribution is 2.37. The van der Waals surface area contributed by atoms with Crippen LogP contribution in [0.5, 0.6) is 0 Å². The lowest BCUT2D eigenvalue weighted by atomic mass is 9.83. The summed E-state index contributed by atoms with van der Waals surface area (Å²) in [4.78, 5) is 16.7. The third kappa shape index (κ3) is 4.70. The number of rotatable bonds is 8. The van der Waals surface area contributed by atoms with E-state index < -0.39 is 5.97 Å². The maximum atomic E-state index is 12.0. The summed E-state index contributed by atoms with van der Waals surface area (Å²) in [6, 6.07) is 0. The second-order valence-electron chi connectivity index (χ2n) is 7.93. The van der Waals surface area contributed by atoms with Crippen LogP contribution in [0.1, 0.15) is 33.6 Å². The van der Waals surface area contributed by atoms with Crippen LogP contribution in [0.4, 0.5) is 0 Å². The molecule has 1 N–H and O–H groups in total. The smallest absolute Gasteiger partial charge is 0.338 e. The molecule has 2 fully saturated rings. The summed E-state index contributed by atoms with van der Waals surface area (Å²) in [5, 5.41) is 10.7. The van der Waals surface area contributed by atoms with E-state index in [-0.39, 0.29) is 11.6 Å². The highest BCUT2D eigenvalue weighted by atomic mass is 32.2. The van der Waals surface area contributed by atoms with E-state index in [4.69, 9.17) is 9.47 Å². The summed E-state index contributed by atoms with van der Waals surface area (Å²) in [5.74, 6) is 0.0292. The number of hydrogen-bond acceptors (Lipinski definition) is 6. The first-order chi connectivity index (χ1) is 12.9. The summed E-state index contributed by atoms with van der Waals surface area (Å²) in [6.07, 6.45) is 4.38. The van der Waals surface area contributed by atoms with Gasteiger partial charge in [0.25, 0.3) is 0 Å². The highest BCUT2D eigenvalue weighted by molar-refractivity contribution is 8.03. The SMILES string of the molecule is CCSC1=C(C(=O)O)C(C)=CC(N2CCOCC2)N1CCCC1(C)COC1. The zero-order valence-corrected chi connectivity index (χ0v) is 17.5. The summed E-state index contributed by atoms with van der Waals surface area (Å²) >= 11 is 1.65. The molecule has 2 saturated heterocycles. The van der Waals surface area contributed by atoms with Crippen molar-refractivity contribution in [2.45, 2.75) is 39.8 Å². The molecule has 152 valence electrons. The van der Waals surface area contributed by atoms with Crippen molar-refractivity contribution in [2.24, 2.45) is 5.41 Å². The van der Waals surface area contributed by atoms with Crippen molar-refractivity contribution in [1.82, 2.24) is 9.80 Å². The molecule has 6 nitrogen and oxygen atoms in total. The van der Waals surface area contributed by atoms with Crippen molar-refractivity contribution < 1.29 is 19.4 Å². The second-order valence-corrected chi connectivity index (χ2v) is 9.18. The Hall–Kier alpha value is -1.02. The quantitative estimate of drug-likeness (QED) is 0.677. The second kappa shape index (κ2) is 8.99. The number of hydrogen-bond donors (Lipinski definition) is 1. The van der Waals surface area contributed by atoms with Gasteiger partial charge in [0.15, 0.2) is 0 Å². The Morgan fingerprint density at radius 2 is 2.04 bits per heavy atom. The fraction of sp³-hybridized carbons (Fsp3) is 0.750. The standard InChI is InChI=1S/C20H32N2O4S/c1-4-27-18-17(19(23)24)15(2)12-16(21-8-10-25-11-9-21)22(18)7-5-6-20(3)13-26-14-20/h12,16H,4-11,13-14H2,1-3H3,(H,23,24). The van der Waals surface area contributed by atoms with Crippen LogP contribution in [0, 0.1) is 5.41 Å². The van der Waals surface area contributed by atoms with Gasteiger partial charge in [0.05, 0.1) is 37.0 Å². The number of nitrogens with zero attached hydrogens (tertiary/aromatic N) is 2. The molecule has 1 unspecified atom stereocenters. The van der Waals surface area contributed by atoms with Crippen molar-refractivity contribution in [1.29, 1.82) is 0 Å². The van der Waals surface area contributed by atoms with E-state index in [9.17, 15) is 9.90 Å². The van der Waals surface area contributed by atoms with Gasteiger partial charge in [-0.25, -0.2) is 4.79 Å². The number of morpholine rings is 1. The molecule has 3 aliphatic heterocycles. The molecule has 0 aromatic heterocycles. The molecule has 0 saturated carbocycles. The van der Waals surface area contributed by atoms with Crippen molar-refractivity contribution in [3.05, 3.63) is 22.3 Å². The van der Waals surface area contributed by atoms with Gasteiger partial charge in [-0.3, -0.25) is 4.90 Å². The van der Waals surface area contributed by atoms with Gasteiger partial charge >= 0.3 is 5.97 Å². The molecule has 0 radical (unpaired) electrons. The molecular formula is C20H32N2O4S. The van der Waals surface area contributed by atoms with Crippen LogP contribution in [0.3, 0.4) is 0 Å². The molecule has 0 aromatic rings. The average molecular weight is 397 g/mol. The topological polar surface area (TPSA) is 62.2 Å². The van der Waals surface area contributed by atoms with Gasteiger partial charge in [0.1, 0.15) is 6.17 Å².